The average molecular weight is 357 g/mol. The van der Waals surface area contributed by atoms with Crippen molar-refractivity contribution in [2.45, 2.75) is 13.1 Å². The SMILES string of the molecule is c1ccc(CN(c2ccccc2)c2nncc(NCc3ccco3)n2)cc1. The number of aromatic nitrogens is 3. The van der Waals surface area contributed by atoms with Gasteiger partial charge in [-0.2, -0.15) is 10.1 Å². The van der Waals surface area contributed by atoms with Gasteiger partial charge >= 0.3 is 0 Å². The fraction of sp³-hybridized carbons (Fsp3) is 0.0952. The Morgan fingerprint density at radius 3 is 2.41 bits per heavy atom. The quantitative estimate of drug-likeness (QED) is 0.528. The van der Waals surface area contributed by atoms with Gasteiger partial charge in [0.1, 0.15) is 5.76 Å². The van der Waals surface area contributed by atoms with Gasteiger partial charge in [-0.15, -0.1) is 5.10 Å². The molecule has 0 aliphatic rings. The fourth-order valence-corrected chi connectivity index (χ4v) is 2.74. The van der Waals surface area contributed by atoms with Gasteiger partial charge in [-0.05, 0) is 29.8 Å². The zero-order valence-electron chi connectivity index (χ0n) is 14.7. The summed E-state index contributed by atoms with van der Waals surface area (Å²) in [5, 5.41) is 11.6. The number of para-hydroxylation sites is 1. The molecule has 0 amide bonds. The van der Waals surface area contributed by atoms with Crippen LogP contribution in [0.1, 0.15) is 11.3 Å². The standard InChI is InChI=1S/C21H19N5O/c1-3-8-17(9-4-1)16-26(18-10-5-2-6-11-18)21-24-20(15-23-25-21)22-14-19-12-7-13-27-19/h1-13,15H,14,16H2,(H,22,24,25). The molecule has 1 N–H and O–H groups in total. The van der Waals surface area contributed by atoms with Gasteiger partial charge in [0.2, 0.25) is 0 Å². The molecule has 6 heteroatoms. The molecule has 0 bridgehead atoms. The second kappa shape index (κ2) is 8.14. The van der Waals surface area contributed by atoms with E-state index in [1.54, 1.807) is 12.5 Å². The highest BCUT2D eigenvalue weighted by Gasteiger charge is 2.14. The Morgan fingerprint density at radius 2 is 1.67 bits per heavy atom. The van der Waals surface area contributed by atoms with Gasteiger partial charge in [-0.1, -0.05) is 48.5 Å². The van der Waals surface area contributed by atoms with Crippen LogP contribution in [0.2, 0.25) is 0 Å². The van der Waals surface area contributed by atoms with Crippen molar-refractivity contribution in [2.24, 2.45) is 0 Å². The summed E-state index contributed by atoms with van der Waals surface area (Å²) in [4.78, 5) is 6.69. The minimum Gasteiger partial charge on any atom is -0.467 e. The smallest absolute Gasteiger partial charge is 0.252 e. The third-order valence-electron chi connectivity index (χ3n) is 4.06. The predicted octanol–water partition coefficient (Wildman–Crippen LogP) is 4.42. The van der Waals surface area contributed by atoms with Crippen LogP contribution in [0.15, 0.2) is 89.7 Å². The van der Waals surface area contributed by atoms with Crippen LogP contribution in [0.3, 0.4) is 0 Å². The van der Waals surface area contributed by atoms with E-state index in [2.05, 4.69) is 32.6 Å². The molecule has 0 saturated carbocycles. The van der Waals surface area contributed by atoms with E-state index in [-0.39, 0.29) is 0 Å². The highest BCUT2D eigenvalue weighted by Crippen LogP contribution is 2.24. The van der Waals surface area contributed by atoms with Crippen LogP contribution in [-0.2, 0) is 13.1 Å². The molecule has 0 aliphatic heterocycles. The molecule has 2 aromatic carbocycles. The lowest BCUT2D eigenvalue weighted by Crippen LogP contribution is -2.20. The Hall–Kier alpha value is -3.67. The van der Waals surface area contributed by atoms with Gasteiger partial charge in [0.25, 0.3) is 5.95 Å². The van der Waals surface area contributed by atoms with E-state index in [0.717, 1.165) is 11.4 Å². The number of hydrogen-bond donors (Lipinski definition) is 1. The summed E-state index contributed by atoms with van der Waals surface area (Å²) in [5.41, 5.74) is 2.17. The highest BCUT2D eigenvalue weighted by atomic mass is 16.3. The molecule has 0 saturated heterocycles. The number of nitrogens with one attached hydrogen (secondary N) is 1. The first-order chi connectivity index (χ1) is 13.4. The maximum absolute atomic E-state index is 5.34. The monoisotopic (exact) mass is 357 g/mol. The van der Waals surface area contributed by atoms with Crippen LogP contribution in [0.5, 0.6) is 0 Å². The number of rotatable bonds is 7. The second-order valence-electron chi connectivity index (χ2n) is 5.98. The molecule has 6 nitrogen and oxygen atoms in total. The molecule has 4 rings (SSSR count). The van der Waals surface area contributed by atoms with Crippen LogP contribution < -0.4 is 10.2 Å². The Labute approximate surface area is 157 Å². The Balaban J connectivity index is 1.60. The molecule has 0 aliphatic carbocycles. The molecule has 0 spiro atoms. The first-order valence-corrected chi connectivity index (χ1v) is 8.71. The van der Waals surface area contributed by atoms with Crippen LogP contribution in [-0.4, -0.2) is 15.2 Å². The van der Waals surface area contributed by atoms with E-state index in [4.69, 9.17) is 4.42 Å². The molecule has 0 atom stereocenters. The summed E-state index contributed by atoms with van der Waals surface area (Å²) >= 11 is 0. The van der Waals surface area contributed by atoms with Gasteiger partial charge in [0, 0.05) is 5.69 Å². The summed E-state index contributed by atoms with van der Waals surface area (Å²) in [6.45, 7) is 1.18. The molecule has 134 valence electrons. The van der Waals surface area contributed by atoms with E-state index < -0.39 is 0 Å². The first kappa shape index (κ1) is 16.8. The third-order valence-corrected chi connectivity index (χ3v) is 4.06. The van der Waals surface area contributed by atoms with Crippen LogP contribution >= 0.6 is 0 Å². The van der Waals surface area contributed by atoms with Crippen LogP contribution in [0, 0.1) is 0 Å². The average Bonchev–Trinajstić information content (AvgIpc) is 3.26. The van der Waals surface area contributed by atoms with E-state index in [9.17, 15) is 0 Å². The van der Waals surface area contributed by atoms with Crippen molar-refractivity contribution in [2.75, 3.05) is 10.2 Å². The van der Waals surface area contributed by atoms with Crippen molar-refractivity contribution in [3.8, 4) is 0 Å². The highest BCUT2D eigenvalue weighted by molar-refractivity contribution is 5.58. The molecular weight excluding hydrogens is 338 g/mol. The van der Waals surface area contributed by atoms with E-state index in [0.29, 0.717) is 24.9 Å². The van der Waals surface area contributed by atoms with Crippen molar-refractivity contribution < 1.29 is 4.42 Å². The van der Waals surface area contributed by atoms with Gasteiger partial charge in [-0.25, -0.2) is 0 Å². The van der Waals surface area contributed by atoms with Crippen molar-refractivity contribution in [1.29, 1.82) is 0 Å². The summed E-state index contributed by atoms with van der Waals surface area (Å²) in [5.74, 6) is 2.01. The number of furan rings is 1. The largest absolute Gasteiger partial charge is 0.467 e. The molecule has 27 heavy (non-hydrogen) atoms. The molecule has 0 radical (unpaired) electrons. The van der Waals surface area contributed by atoms with E-state index >= 15 is 0 Å². The van der Waals surface area contributed by atoms with E-state index in [1.165, 1.54) is 5.56 Å². The summed E-state index contributed by atoms with van der Waals surface area (Å²) in [6, 6.07) is 24.1. The fourth-order valence-electron chi connectivity index (χ4n) is 2.74. The Kier molecular flexibility index (Phi) is 5.06. The number of nitrogens with zero attached hydrogens (tertiary/aromatic N) is 4. The van der Waals surface area contributed by atoms with Crippen molar-refractivity contribution in [1.82, 2.24) is 15.2 Å². The van der Waals surface area contributed by atoms with Crippen molar-refractivity contribution >= 4 is 17.5 Å². The maximum Gasteiger partial charge on any atom is 0.252 e. The van der Waals surface area contributed by atoms with Crippen LogP contribution in [0.25, 0.3) is 0 Å². The zero-order chi connectivity index (χ0) is 18.3. The lowest BCUT2D eigenvalue weighted by molar-refractivity contribution is 0.517. The summed E-state index contributed by atoms with van der Waals surface area (Å²) in [7, 11) is 0. The maximum atomic E-state index is 5.34. The molecule has 0 unspecified atom stereocenters. The number of benzene rings is 2. The Morgan fingerprint density at radius 1 is 0.889 bits per heavy atom. The minimum atomic E-state index is 0.537. The topological polar surface area (TPSA) is 67.1 Å². The third kappa shape index (κ3) is 4.30. The zero-order valence-corrected chi connectivity index (χ0v) is 14.7. The summed E-state index contributed by atoms with van der Waals surface area (Å²) < 4.78 is 5.34. The van der Waals surface area contributed by atoms with Crippen molar-refractivity contribution in [3.05, 3.63) is 96.6 Å². The Bertz CT molecular complexity index is 958. The van der Waals surface area contributed by atoms with Gasteiger partial charge in [0.15, 0.2) is 5.82 Å². The van der Waals surface area contributed by atoms with E-state index in [1.807, 2.05) is 65.6 Å². The molecule has 4 aromatic rings. The minimum absolute atomic E-state index is 0.537. The van der Waals surface area contributed by atoms with Gasteiger partial charge in [0.05, 0.1) is 25.5 Å². The van der Waals surface area contributed by atoms with Gasteiger partial charge in [-0.3, -0.25) is 0 Å². The number of hydrogen-bond acceptors (Lipinski definition) is 6. The summed E-state index contributed by atoms with van der Waals surface area (Å²) in [6.07, 6.45) is 3.26. The van der Waals surface area contributed by atoms with Gasteiger partial charge < -0.3 is 14.6 Å². The lowest BCUT2D eigenvalue weighted by atomic mass is 10.2. The van der Waals surface area contributed by atoms with Crippen LogP contribution in [0.4, 0.5) is 17.5 Å². The molecular formula is C21H19N5O. The normalized spacial score (nSPS) is 10.5. The number of anilines is 3. The first-order valence-electron chi connectivity index (χ1n) is 8.71. The lowest BCUT2D eigenvalue weighted by Gasteiger charge is -2.22. The van der Waals surface area contributed by atoms with Crippen molar-refractivity contribution in [3.63, 3.8) is 0 Å². The molecule has 0 fully saturated rings. The second-order valence-corrected chi connectivity index (χ2v) is 5.98. The predicted molar refractivity (Wildman–Crippen MR) is 105 cm³/mol. The molecule has 2 aromatic heterocycles. The molecule has 2 heterocycles.